The first-order valence-electron chi connectivity index (χ1n) is 5.06. The van der Waals surface area contributed by atoms with Crippen molar-refractivity contribution in [1.82, 2.24) is 0 Å². The molecule has 1 N–H and O–H groups in total. The van der Waals surface area contributed by atoms with Gasteiger partial charge in [-0.25, -0.2) is 8.78 Å². The number of benzene rings is 1. The number of carboxylic acid groups (broad SMARTS) is 1. The van der Waals surface area contributed by atoms with Gasteiger partial charge in [-0.2, -0.15) is 0 Å². The molecular weight excluding hydrogens is 275 g/mol. The average molecular weight is 282 g/mol. The van der Waals surface area contributed by atoms with Crippen LogP contribution in [0.15, 0.2) is 24.3 Å². The van der Waals surface area contributed by atoms with Gasteiger partial charge in [-0.1, -0.05) is 12.1 Å². The van der Waals surface area contributed by atoms with Crippen LogP contribution in [0.2, 0.25) is 0 Å². The third kappa shape index (κ3) is 2.22. The van der Waals surface area contributed by atoms with Gasteiger partial charge in [-0.15, -0.1) is 13.2 Å². The van der Waals surface area contributed by atoms with Gasteiger partial charge in [0.25, 0.3) is 5.92 Å². The number of hydrogen-bond acceptors (Lipinski definition) is 2. The number of rotatable bonds is 3. The van der Waals surface area contributed by atoms with Crippen LogP contribution in [0.5, 0.6) is 5.75 Å². The predicted octanol–water partition coefficient (Wildman–Crippen LogP) is 2.95. The molecule has 3 nitrogen and oxygen atoms in total. The Balaban J connectivity index is 2.37. The van der Waals surface area contributed by atoms with E-state index in [0.717, 1.165) is 18.2 Å². The van der Waals surface area contributed by atoms with Crippen molar-refractivity contribution in [3.05, 3.63) is 29.8 Å². The summed E-state index contributed by atoms with van der Waals surface area (Å²) in [6.07, 6.45) is -5.91. The second-order valence-electron chi connectivity index (χ2n) is 4.17. The summed E-state index contributed by atoms with van der Waals surface area (Å²) >= 11 is 0. The van der Waals surface area contributed by atoms with E-state index in [9.17, 15) is 26.7 Å². The molecule has 0 bridgehead atoms. The van der Waals surface area contributed by atoms with Crippen LogP contribution in [-0.2, 0) is 10.2 Å². The monoisotopic (exact) mass is 282 g/mol. The van der Waals surface area contributed by atoms with Crippen molar-refractivity contribution in [3.63, 3.8) is 0 Å². The Morgan fingerprint density at radius 1 is 1.32 bits per heavy atom. The SMILES string of the molecule is O=C(O)C1(c2cccc(OC(F)(F)F)c2)CC1(F)F. The predicted molar refractivity (Wildman–Crippen MR) is 52.0 cm³/mol. The largest absolute Gasteiger partial charge is 0.573 e. The van der Waals surface area contributed by atoms with Gasteiger partial charge in [0.1, 0.15) is 5.75 Å². The van der Waals surface area contributed by atoms with Crippen LogP contribution >= 0.6 is 0 Å². The molecule has 0 aromatic heterocycles. The fourth-order valence-electron chi connectivity index (χ4n) is 1.92. The lowest BCUT2D eigenvalue weighted by Gasteiger charge is -2.14. The lowest BCUT2D eigenvalue weighted by Crippen LogP contribution is -2.27. The Kier molecular flexibility index (Phi) is 2.72. The molecule has 0 radical (unpaired) electrons. The van der Waals surface area contributed by atoms with Crippen LogP contribution in [0, 0.1) is 0 Å². The fraction of sp³-hybridized carbons (Fsp3) is 0.364. The Labute approximate surface area is 103 Å². The molecule has 0 heterocycles. The zero-order valence-electron chi connectivity index (χ0n) is 9.17. The fourth-order valence-corrected chi connectivity index (χ4v) is 1.92. The van der Waals surface area contributed by atoms with Gasteiger partial charge in [0.05, 0.1) is 0 Å². The molecule has 1 aliphatic rings. The summed E-state index contributed by atoms with van der Waals surface area (Å²) < 4.78 is 66.0. The van der Waals surface area contributed by atoms with Gasteiger partial charge in [0, 0.05) is 6.42 Å². The number of hydrogen-bond donors (Lipinski definition) is 1. The standard InChI is InChI=1S/C11H7F5O3/c12-10(13)5-9(10,8(17)18)6-2-1-3-7(4-6)19-11(14,15)16/h1-4H,5H2,(H,17,18). The van der Waals surface area contributed by atoms with Crippen molar-refractivity contribution in [1.29, 1.82) is 0 Å². The van der Waals surface area contributed by atoms with Gasteiger partial charge in [0.15, 0.2) is 5.41 Å². The maximum absolute atomic E-state index is 13.2. The van der Waals surface area contributed by atoms with E-state index in [2.05, 4.69) is 4.74 Å². The molecule has 1 aromatic rings. The summed E-state index contributed by atoms with van der Waals surface area (Å²) in [4.78, 5) is 11.0. The molecule has 104 valence electrons. The van der Waals surface area contributed by atoms with E-state index in [1.54, 1.807) is 0 Å². The highest BCUT2D eigenvalue weighted by Crippen LogP contribution is 2.62. The molecule has 1 aromatic carbocycles. The molecule has 0 aliphatic heterocycles. The van der Waals surface area contributed by atoms with Crippen molar-refractivity contribution in [2.24, 2.45) is 0 Å². The molecular formula is C11H7F5O3. The molecule has 0 amide bonds. The van der Waals surface area contributed by atoms with Crippen molar-refractivity contribution in [3.8, 4) is 5.75 Å². The van der Waals surface area contributed by atoms with Gasteiger partial charge in [-0.3, -0.25) is 4.79 Å². The summed E-state index contributed by atoms with van der Waals surface area (Å²) in [7, 11) is 0. The normalized spacial score (nSPS) is 24.9. The summed E-state index contributed by atoms with van der Waals surface area (Å²) in [5.41, 5.74) is -2.87. The number of ether oxygens (including phenoxy) is 1. The molecule has 19 heavy (non-hydrogen) atoms. The molecule has 0 saturated heterocycles. The minimum atomic E-state index is -4.97. The molecule has 1 atom stereocenters. The maximum Gasteiger partial charge on any atom is 0.573 e. The lowest BCUT2D eigenvalue weighted by atomic mass is 9.95. The maximum atomic E-state index is 13.2. The van der Waals surface area contributed by atoms with Crippen LogP contribution in [-0.4, -0.2) is 23.4 Å². The number of halogens is 5. The summed E-state index contributed by atoms with van der Waals surface area (Å²) in [5, 5.41) is 8.87. The van der Waals surface area contributed by atoms with Crippen molar-refractivity contribution in [2.45, 2.75) is 24.1 Å². The Morgan fingerprint density at radius 2 is 1.89 bits per heavy atom. The minimum Gasteiger partial charge on any atom is -0.480 e. The highest BCUT2D eigenvalue weighted by molar-refractivity contribution is 5.87. The van der Waals surface area contributed by atoms with Crippen molar-refractivity contribution >= 4 is 5.97 Å². The van der Waals surface area contributed by atoms with Crippen LogP contribution in [0.3, 0.4) is 0 Å². The van der Waals surface area contributed by atoms with Crippen LogP contribution in [0.4, 0.5) is 22.0 Å². The third-order valence-electron chi connectivity index (χ3n) is 2.91. The first-order valence-corrected chi connectivity index (χ1v) is 5.06. The zero-order valence-corrected chi connectivity index (χ0v) is 9.17. The Morgan fingerprint density at radius 3 is 2.32 bits per heavy atom. The second-order valence-corrected chi connectivity index (χ2v) is 4.17. The van der Waals surface area contributed by atoms with E-state index in [0.29, 0.717) is 6.07 Å². The van der Waals surface area contributed by atoms with Gasteiger partial charge < -0.3 is 9.84 Å². The number of aliphatic carboxylic acids is 1. The van der Waals surface area contributed by atoms with Gasteiger partial charge >= 0.3 is 12.3 Å². The molecule has 0 spiro atoms. The molecule has 2 rings (SSSR count). The second kappa shape index (κ2) is 3.82. The summed E-state index contributed by atoms with van der Waals surface area (Å²) in [5.74, 6) is -5.98. The van der Waals surface area contributed by atoms with E-state index in [1.807, 2.05) is 0 Å². The van der Waals surface area contributed by atoms with E-state index in [4.69, 9.17) is 5.11 Å². The summed E-state index contributed by atoms with van der Waals surface area (Å²) in [6, 6.07) is 3.66. The highest BCUT2D eigenvalue weighted by atomic mass is 19.4. The van der Waals surface area contributed by atoms with Gasteiger partial charge in [-0.05, 0) is 17.7 Å². The topological polar surface area (TPSA) is 46.5 Å². The minimum absolute atomic E-state index is 0.410. The van der Waals surface area contributed by atoms with Crippen LogP contribution in [0.25, 0.3) is 0 Å². The smallest absolute Gasteiger partial charge is 0.480 e. The molecule has 1 aliphatic carbocycles. The van der Waals surface area contributed by atoms with Crippen LogP contribution < -0.4 is 4.74 Å². The molecule has 8 heteroatoms. The van der Waals surface area contributed by atoms with E-state index in [-0.39, 0.29) is 0 Å². The molecule has 1 fully saturated rings. The highest BCUT2D eigenvalue weighted by Gasteiger charge is 2.77. The first-order chi connectivity index (χ1) is 8.58. The zero-order chi connectivity index (χ0) is 14.5. The lowest BCUT2D eigenvalue weighted by molar-refractivity contribution is -0.274. The average Bonchev–Trinajstić information content (AvgIpc) is 2.81. The molecule has 1 unspecified atom stereocenters. The van der Waals surface area contributed by atoms with E-state index in [1.165, 1.54) is 0 Å². The Bertz CT molecular complexity index is 525. The summed E-state index contributed by atoms with van der Waals surface area (Å²) in [6.45, 7) is 0. The molecule has 1 saturated carbocycles. The van der Waals surface area contributed by atoms with E-state index >= 15 is 0 Å². The first kappa shape index (κ1) is 13.6. The van der Waals surface area contributed by atoms with E-state index < -0.39 is 41.4 Å². The third-order valence-corrected chi connectivity index (χ3v) is 2.91. The van der Waals surface area contributed by atoms with Gasteiger partial charge in [0.2, 0.25) is 0 Å². The number of alkyl halides is 5. The van der Waals surface area contributed by atoms with Crippen LogP contribution in [0.1, 0.15) is 12.0 Å². The number of carboxylic acids is 1. The quantitative estimate of drug-likeness (QED) is 0.867. The van der Waals surface area contributed by atoms with Crippen molar-refractivity contribution < 1.29 is 36.6 Å². The Hall–Kier alpha value is -1.86. The number of carbonyl (C=O) groups is 1. The van der Waals surface area contributed by atoms with Crippen molar-refractivity contribution in [2.75, 3.05) is 0 Å².